The van der Waals surface area contributed by atoms with Crippen molar-refractivity contribution in [3.8, 4) is 0 Å². The highest BCUT2D eigenvalue weighted by atomic mass is 16.6. The molecule has 24 heavy (non-hydrogen) atoms. The van der Waals surface area contributed by atoms with E-state index in [4.69, 9.17) is 4.74 Å². The van der Waals surface area contributed by atoms with E-state index in [0.717, 1.165) is 24.6 Å². The van der Waals surface area contributed by atoms with E-state index in [-0.39, 0.29) is 0 Å². The first-order chi connectivity index (χ1) is 11.3. The van der Waals surface area contributed by atoms with E-state index in [2.05, 4.69) is 29.7 Å². The number of ether oxygens (including phenoxy) is 1. The van der Waals surface area contributed by atoms with Crippen molar-refractivity contribution in [2.45, 2.75) is 71.4 Å². The van der Waals surface area contributed by atoms with Crippen LogP contribution in [0, 0.1) is 5.92 Å². The average Bonchev–Trinajstić information content (AvgIpc) is 2.49. The largest absolute Gasteiger partial charge is 0.444 e. The van der Waals surface area contributed by atoms with Crippen molar-refractivity contribution < 1.29 is 9.53 Å². The van der Waals surface area contributed by atoms with Gasteiger partial charge in [0.2, 0.25) is 0 Å². The molecule has 0 aliphatic heterocycles. The van der Waals surface area contributed by atoms with Gasteiger partial charge in [-0.15, -0.1) is 0 Å². The number of carbonyl (C=O) groups is 1. The Labute approximate surface area is 146 Å². The van der Waals surface area contributed by atoms with Crippen molar-refractivity contribution in [3.63, 3.8) is 0 Å². The third-order valence-corrected chi connectivity index (χ3v) is 4.46. The molecule has 2 N–H and O–H groups in total. The van der Waals surface area contributed by atoms with Crippen molar-refractivity contribution in [1.82, 2.24) is 5.32 Å². The minimum Gasteiger partial charge on any atom is -0.444 e. The van der Waals surface area contributed by atoms with Crippen LogP contribution < -0.4 is 10.6 Å². The average molecular weight is 332 g/mol. The fraction of sp³-hybridized carbons (Fsp3) is 0.650. The normalized spacial score (nSPS) is 21.3. The smallest absolute Gasteiger partial charge is 0.412 e. The van der Waals surface area contributed by atoms with Crippen LogP contribution in [0.1, 0.15) is 58.9 Å². The molecule has 0 saturated heterocycles. The first-order valence-corrected chi connectivity index (χ1v) is 9.14. The molecule has 1 aliphatic rings. The second-order valence-corrected chi connectivity index (χ2v) is 7.98. The molecule has 1 aromatic carbocycles. The van der Waals surface area contributed by atoms with Gasteiger partial charge < -0.3 is 10.1 Å². The number of carbonyl (C=O) groups excluding carboxylic acids is 1. The predicted octanol–water partition coefficient (Wildman–Crippen LogP) is 4.74. The number of nitrogens with one attached hydrogen (secondary N) is 2. The van der Waals surface area contributed by atoms with E-state index in [1.54, 1.807) is 0 Å². The zero-order chi connectivity index (χ0) is 17.6. The summed E-state index contributed by atoms with van der Waals surface area (Å²) in [5.74, 6) is 0.896. The van der Waals surface area contributed by atoms with Crippen LogP contribution in [0.15, 0.2) is 24.3 Å². The Balaban J connectivity index is 1.71. The molecule has 1 amide bonds. The van der Waals surface area contributed by atoms with Gasteiger partial charge in [-0.3, -0.25) is 5.32 Å². The molecule has 4 heteroatoms. The number of hydrogen-bond acceptors (Lipinski definition) is 3. The van der Waals surface area contributed by atoms with Gasteiger partial charge in [0.1, 0.15) is 5.60 Å². The van der Waals surface area contributed by atoms with E-state index in [0.29, 0.717) is 6.04 Å². The van der Waals surface area contributed by atoms with Gasteiger partial charge in [-0.05, 0) is 83.0 Å². The van der Waals surface area contributed by atoms with Crippen LogP contribution in [-0.4, -0.2) is 24.3 Å². The number of amides is 1. The Morgan fingerprint density at radius 2 is 1.75 bits per heavy atom. The van der Waals surface area contributed by atoms with Gasteiger partial charge in [-0.1, -0.05) is 19.1 Å². The SMILES string of the molecule is CC1CCC(NCCc2ccc(NC(=O)OC(C)(C)C)cc2)CC1. The zero-order valence-electron chi connectivity index (χ0n) is 15.5. The molecule has 0 aromatic heterocycles. The summed E-state index contributed by atoms with van der Waals surface area (Å²) in [5, 5.41) is 6.43. The summed E-state index contributed by atoms with van der Waals surface area (Å²) in [7, 11) is 0. The van der Waals surface area contributed by atoms with Crippen molar-refractivity contribution in [1.29, 1.82) is 0 Å². The van der Waals surface area contributed by atoms with E-state index in [1.165, 1.54) is 31.2 Å². The minimum absolute atomic E-state index is 0.413. The molecule has 2 rings (SSSR count). The molecule has 1 aliphatic carbocycles. The quantitative estimate of drug-likeness (QED) is 0.818. The molecule has 134 valence electrons. The van der Waals surface area contributed by atoms with Crippen molar-refractivity contribution >= 4 is 11.8 Å². The summed E-state index contributed by atoms with van der Waals surface area (Å²) in [6.45, 7) is 8.93. The highest BCUT2D eigenvalue weighted by Crippen LogP contribution is 2.23. The fourth-order valence-corrected chi connectivity index (χ4v) is 3.06. The molecule has 0 spiro atoms. The molecule has 0 unspecified atom stereocenters. The Morgan fingerprint density at radius 3 is 2.33 bits per heavy atom. The first kappa shape index (κ1) is 18.8. The fourth-order valence-electron chi connectivity index (χ4n) is 3.06. The second kappa shape index (κ2) is 8.52. The van der Waals surface area contributed by atoms with Crippen LogP contribution in [0.4, 0.5) is 10.5 Å². The lowest BCUT2D eigenvalue weighted by molar-refractivity contribution is 0.0636. The summed E-state index contributed by atoms with van der Waals surface area (Å²) in [6, 6.07) is 8.69. The lowest BCUT2D eigenvalue weighted by Gasteiger charge is -2.27. The van der Waals surface area contributed by atoms with Crippen molar-refractivity contribution in [3.05, 3.63) is 29.8 Å². The summed E-state index contributed by atoms with van der Waals surface area (Å²) in [6.07, 6.45) is 5.91. The maximum atomic E-state index is 11.7. The van der Waals surface area contributed by atoms with Crippen molar-refractivity contribution in [2.75, 3.05) is 11.9 Å². The van der Waals surface area contributed by atoms with Gasteiger partial charge in [0.15, 0.2) is 0 Å². The zero-order valence-corrected chi connectivity index (χ0v) is 15.5. The molecule has 0 bridgehead atoms. The van der Waals surface area contributed by atoms with E-state index in [1.807, 2.05) is 32.9 Å². The molecular weight excluding hydrogens is 300 g/mol. The minimum atomic E-state index is -0.480. The Morgan fingerprint density at radius 1 is 1.12 bits per heavy atom. The van der Waals surface area contributed by atoms with Gasteiger partial charge >= 0.3 is 6.09 Å². The number of hydrogen-bond donors (Lipinski definition) is 2. The molecule has 1 saturated carbocycles. The molecule has 4 nitrogen and oxygen atoms in total. The Kier molecular flexibility index (Phi) is 6.67. The third-order valence-electron chi connectivity index (χ3n) is 4.46. The predicted molar refractivity (Wildman–Crippen MR) is 99.4 cm³/mol. The summed E-state index contributed by atoms with van der Waals surface area (Å²) < 4.78 is 5.25. The number of benzene rings is 1. The standard InChI is InChI=1S/C20H32N2O2/c1-15-5-9-17(10-6-15)21-14-13-16-7-11-18(12-8-16)22-19(23)24-20(2,3)4/h7-8,11-12,15,17,21H,5-6,9-10,13-14H2,1-4H3,(H,22,23). The maximum absolute atomic E-state index is 11.7. The molecular formula is C20H32N2O2. The second-order valence-electron chi connectivity index (χ2n) is 7.98. The highest BCUT2D eigenvalue weighted by Gasteiger charge is 2.17. The van der Waals surface area contributed by atoms with Crippen LogP contribution in [0.25, 0.3) is 0 Å². The van der Waals surface area contributed by atoms with Crippen molar-refractivity contribution in [2.24, 2.45) is 5.92 Å². The van der Waals surface area contributed by atoms with Crippen LogP contribution in [0.2, 0.25) is 0 Å². The molecule has 1 fully saturated rings. The summed E-state index contributed by atoms with van der Waals surface area (Å²) in [4.78, 5) is 11.7. The van der Waals surface area contributed by atoms with Gasteiger partial charge in [-0.2, -0.15) is 0 Å². The third kappa shape index (κ3) is 6.91. The first-order valence-electron chi connectivity index (χ1n) is 9.14. The van der Waals surface area contributed by atoms with E-state index >= 15 is 0 Å². The highest BCUT2D eigenvalue weighted by molar-refractivity contribution is 5.84. The number of anilines is 1. The van der Waals surface area contributed by atoms with Crippen LogP contribution in [0.5, 0.6) is 0 Å². The molecule has 0 heterocycles. The van der Waals surface area contributed by atoms with Gasteiger partial charge in [0.25, 0.3) is 0 Å². The maximum Gasteiger partial charge on any atom is 0.412 e. The van der Waals surface area contributed by atoms with Gasteiger partial charge in [0, 0.05) is 11.7 Å². The summed E-state index contributed by atoms with van der Waals surface area (Å²) in [5.41, 5.74) is 1.57. The van der Waals surface area contributed by atoms with Gasteiger partial charge in [-0.25, -0.2) is 4.79 Å². The van der Waals surface area contributed by atoms with Crippen LogP contribution >= 0.6 is 0 Å². The lowest BCUT2D eigenvalue weighted by Crippen LogP contribution is -2.34. The molecule has 1 aromatic rings. The lowest BCUT2D eigenvalue weighted by atomic mass is 9.87. The van der Waals surface area contributed by atoms with E-state index in [9.17, 15) is 4.79 Å². The monoisotopic (exact) mass is 332 g/mol. The number of rotatable bonds is 5. The Hall–Kier alpha value is -1.55. The molecule has 0 radical (unpaired) electrons. The molecule has 0 atom stereocenters. The topological polar surface area (TPSA) is 50.4 Å². The van der Waals surface area contributed by atoms with Gasteiger partial charge in [0.05, 0.1) is 0 Å². The summed E-state index contributed by atoms with van der Waals surface area (Å²) >= 11 is 0. The van der Waals surface area contributed by atoms with E-state index < -0.39 is 11.7 Å². The Bertz CT molecular complexity index is 511. The van der Waals surface area contributed by atoms with Crippen LogP contribution in [-0.2, 0) is 11.2 Å². The van der Waals surface area contributed by atoms with Crippen LogP contribution in [0.3, 0.4) is 0 Å².